The zero-order valence-corrected chi connectivity index (χ0v) is 61.7. The van der Waals surface area contributed by atoms with Crippen molar-refractivity contribution in [3.63, 3.8) is 0 Å². The predicted octanol–water partition coefficient (Wildman–Crippen LogP) is 29.8. The van der Waals surface area contributed by atoms with Gasteiger partial charge in [-0.2, -0.15) is 0 Å². The van der Waals surface area contributed by atoms with E-state index in [0.717, 1.165) is 45.5 Å². The lowest BCUT2D eigenvalue weighted by Gasteiger charge is -2.26. The first-order chi connectivity index (χ1) is 55.5. The first-order valence-corrected chi connectivity index (χ1v) is 38.3. The highest BCUT2D eigenvalue weighted by Gasteiger charge is 2.20. The minimum Gasteiger partial charge on any atom is -0.311 e. The second-order valence-electron chi connectivity index (χ2n) is 28.4. The first-order valence-electron chi connectivity index (χ1n) is 38.3. The molecule has 0 aliphatic heterocycles. The number of aromatic nitrogens is 2. The van der Waals surface area contributed by atoms with Gasteiger partial charge in [0.1, 0.15) is 0 Å². The molecule has 4 nitrogen and oxygen atoms in total. The second-order valence-corrected chi connectivity index (χ2v) is 28.4. The molecular formula is C108H76N4. The lowest BCUT2D eigenvalue weighted by atomic mass is 9.98. The summed E-state index contributed by atoms with van der Waals surface area (Å²) in [6.45, 7) is 0. The van der Waals surface area contributed by atoms with Crippen molar-refractivity contribution >= 4 is 77.7 Å². The van der Waals surface area contributed by atoms with Crippen LogP contribution in [-0.4, -0.2) is 9.13 Å². The Morgan fingerprint density at radius 2 is 0.330 bits per heavy atom. The highest BCUT2D eigenvalue weighted by Crippen LogP contribution is 2.43. The van der Waals surface area contributed by atoms with Crippen molar-refractivity contribution in [3.8, 4) is 100 Å². The second kappa shape index (κ2) is 30.4. The normalized spacial score (nSPS) is 11.2. The van der Waals surface area contributed by atoms with E-state index in [2.05, 4.69) is 480 Å². The van der Waals surface area contributed by atoms with Crippen molar-refractivity contribution < 1.29 is 0 Å². The molecule has 0 atom stereocenters. The largest absolute Gasteiger partial charge is 0.311 e. The fourth-order valence-electron chi connectivity index (χ4n) is 16.0. The van der Waals surface area contributed by atoms with Crippen LogP contribution in [0.15, 0.2) is 461 Å². The molecule has 0 bridgehead atoms. The maximum atomic E-state index is 2.40. The summed E-state index contributed by atoms with van der Waals surface area (Å²) in [7, 11) is 0. The summed E-state index contributed by atoms with van der Waals surface area (Å²) in [5.74, 6) is 0. The van der Waals surface area contributed by atoms with Crippen LogP contribution in [-0.2, 0) is 0 Å². The van der Waals surface area contributed by atoms with Crippen LogP contribution in [0.5, 0.6) is 0 Å². The Kier molecular flexibility index (Phi) is 18.4. The molecule has 112 heavy (non-hydrogen) atoms. The van der Waals surface area contributed by atoms with E-state index in [-0.39, 0.29) is 0 Å². The fourth-order valence-corrected chi connectivity index (χ4v) is 16.0. The van der Waals surface area contributed by atoms with Crippen molar-refractivity contribution in [2.45, 2.75) is 0 Å². The molecule has 0 amide bonds. The highest BCUT2D eigenvalue weighted by atomic mass is 15.1. The van der Waals surface area contributed by atoms with Crippen LogP contribution < -0.4 is 9.80 Å². The van der Waals surface area contributed by atoms with Gasteiger partial charge in [0.05, 0.1) is 22.1 Å². The molecule has 18 aromatic carbocycles. The molecule has 0 fully saturated rings. The molecule has 528 valence electrons. The molecule has 20 aromatic rings. The van der Waals surface area contributed by atoms with E-state index >= 15 is 0 Å². The molecule has 0 aliphatic carbocycles. The Hall–Kier alpha value is -14.8. The van der Waals surface area contributed by atoms with Gasteiger partial charge in [0, 0.05) is 67.0 Å². The molecule has 2 heterocycles. The van der Waals surface area contributed by atoms with E-state index in [1.54, 1.807) is 0 Å². The molecule has 0 radical (unpaired) electrons. The van der Waals surface area contributed by atoms with Gasteiger partial charge in [0.2, 0.25) is 0 Å². The number of para-hydroxylation sites is 4. The smallest absolute Gasteiger partial charge is 0.0547 e. The fraction of sp³-hybridized carbons (Fsp3) is 0. The van der Waals surface area contributed by atoms with E-state index < -0.39 is 0 Å². The van der Waals surface area contributed by atoms with Crippen LogP contribution in [0.3, 0.4) is 0 Å². The summed E-state index contributed by atoms with van der Waals surface area (Å²) in [5, 5.41) is 5.03. The number of fused-ring (bicyclic) bond motifs is 6. The maximum absolute atomic E-state index is 2.40. The van der Waals surface area contributed by atoms with Gasteiger partial charge < -0.3 is 18.9 Å². The summed E-state index contributed by atoms with van der Waals surface area (Å²) in [4.78, 5) is 4.66. The van der Waals surface area contributed by atoms with Crippen LogP contribution in [0.1, 0.15) is 0 Å². The van der Waals surface area contributed by atoms with Gasteiger partial charge in [-0.15, -0.1) is 0 Å². The van der Waals surface area contributed by atoms with E-state index in [0.29, 0.717) is 0 Å². The van der Waals surface area contributed by atoms with Crippen LogP contribution in [0, 0.1) is 0 Å². The van der Waals surface area contributed by atoms with E-state index in [1.807, 2.05) is 0 Å². The van der Waals surface area contributed by atoms with Gasteiger partial charge in [-0.05, 0) is 222 Å². The SMILES string of the molecule is c1ccc(-c2ccc(N(c3ccc(-c4ccccc4)cc3)c3ccc(-c4cccc(-c5ccc6c7ccccc7n(-c7ccccc7)c6c5)c4)cc3)cc2)cc1.c1ccc(-c2ccc(N(c3ccccc3)c3ccc(-c4cccc(-c5ccc6c7ccccc7n(-c7ccc(-c8ccccc8)cc7)c6c5)c4)cc3)cc2)cc1. The van der Waals surface area contributed by atoms with Gasteiger partial charge in [0.15, 0.2) is 0 Å². The Labute approximate surface area is 653 Å². The van der Waals surface area contributed by atoms with E-state index in [1.165, 1.54) is 133 Å². The first kappa shape index (κ1) is 67.7. The molecular weight excluding hydrogens is 1350 g/mol. The maximum Gasteiger partial charge on any atom is 0.0547 e. The van der Waals surface area contributed by atoms with Gasteiger partial charge in [-0.3, -0.25) is 0 Å². The molecule has 4 heteroatoms. The van der Waals surface area contributed by atoms with Gasteiger partial charge in [-0.1, -0.05) is 328 Å². The highest BCUT2D eigenvalue weighted by molar-refractivity contribution is 6.11. The Bertz CT molecular complexity index is 6560. The van der Waals surface area contributed by atoms with Crippen LogP contribution >= 0.6 is 0 Å². The van der Waals surface area contributed by atoms with E-state index in [9.17, 15) is 0 Å². The lowest BCUT2D eigenvalue weighted by Crippen LogP contribution is -2.09. The average molecular weight is 1430 g/mol. The number of anilines is 6. The molecule has 0 saturated heterocycles. The molecule has 20 rings (SSSR count). The van der Waals surface area contributed by atoms with Crippen molar-refractivity contribution in [2.75, 3.05) is 9.80 Å². The summed E-state index contributed by atoms with van der Waals surface area (Å²) >= 11 is 0. The Morgan fingerprint density at radius 3 is 0.661 bits per heavy atom. The molecule has 0 spiro atoms. The zero-order valence-electron chi connectivity index (χ0n) is 61.7. The van der Waals surface area contributed by atoms with Gasteiger partial charge >= 0.3 is 0 Å². The standard InChI is InChI=1S/2C54H38N2/c1-4-13-39(14-5-1)41-23-30-48(31-24-41)55(47-19-8-3-9-20-47)49-32-27-43(28-33-49)44-17-12-18-45(37-44)46-29-36-52-51-21-10-11-22-53(51)56(54(52)38-46)50-34-25-42(26-35-50)40-15-6-2-7-16-40;1-4-13-39(14-5-1)41-23-30-48(31-24-41)55(49-32-25-42(26-33-49)40-15-6-2-7-16-40)50-34-27-43(28-35-50)44-17-12-18-45(37-44)46-29-36-52-51-21-10-11-22-53(51)56(54(52)38-46)47-19-8-3-9-20-47/h2*1-38H. The third-order valence-electron chi connectivity index (χ3n) is 21.6. The molecule has 0 aliphatic rings. The lowest BCUT2D eigenvalue weighted by molar-refractivity contribution is 1.18. The molecule has 2 aromatic heterocycles. The predicted molar refractivity (Wildman–Crippen MR) is 474 cm³/mol. The van der Waals surface area contributed by atoms with Crippen LogP contribution in [0.4, 0.5) is 34.1 Å². The Balaban J connectivity index is 0.000000151. The summed E-state index contributed by atoms with van der Waals surface area (Å²) in [5.41, 5.74) is 33.0. The van der Waals surface area contributed by atoms with Crippen LogP contribution in [0.25, 0.3) is 144 Å². The topological polar surface area (TPSA) is 16.3 Å². The van der Waals surface area contributed by atoms with E-state index in [4.69, 9.17) is 0 Å². The van der Waals surface area contributed by atoms with Crippen molar-refractivity contribution in [1.82, 2.24) is 9.13 Å². The Morgan fingerprint density at radius 1 is 0.125 bits per heavy atom. The zero-order chi connectivity index (χ0) is 74.5. The monoisotopic (exact) mass is 1430 g/mol. The van der Waals surface area contributed by atoms with Crippen molar-refractivity contribution in [2.24, 2.45) is 0 Å². The van der Waals surface area contributed by atoms with Gasteiger partial charge in [-0.25, -0.2) is 0 Å². The summed E-state index contributed by atoms with van der Waals surface area (Å²) in [6, 6.07) is 166. The minimum absolute atomic E-state index is 1.10. The number of benzene rings is 18. The summed E-state index contributed by atoms with van der Waals surface area (Å²) < 4.78 is 4.78. The summed E-state index contributed by atoms with van der Waals surface area (Å²) in [6.07, 6.45) is 0. The molecule has 0 N–H and O–H groups in total. The quantitative estimate of drug-likeness (QED) is 0.0959. The van der Waals surface area contributed by atoms with Crippen LogP contribution in [0.2, 0.25) is 0 Å². The number of hydrogen-bond donors (Lipinski definition) is 0. The average Bonchev–Trinajstić information content (AvgIpc) is 1.60. The van der Waals surface area contributed by atoms with Gasteiger partial charge in [0.25, 0.3) is 0 Å². The molecule has 0 saturated carbocycles. The number of nitrogens with zero attached hydrogens (tertiary/aromatic N) is 4. The number of hydrogen-bond acceptors (Lipinski definition) is 2. The molecule has 0 unspecified atom stereocenters. The van der Waals surface area contributed by atoms with Crippen molar-refractivity contribution in [3.05, 3.63) is 461 Å². The third kappa shape index (κ3) is 13.6. The van der Waals surface area contributed by atoms with Crippen molar-refractivity contribution in [1.29, 1.82) is 0 Å². The number of rotatable bonds is 16. The third-order valence-corrected chi connectivity index (χ3v) is 21.6. The minimum atomic E-state index is 1.10.